The van der Waals surface area contributed by atoms with E-state index in [9.17, 15) is 9.90 Å². The van der Waals surface area contributed by atoms with Crippen LogP contribution in [0.1, 0.15) is 12.8 Å². The number of carbonyl (C=O) groups is 1. The maximum absolute atomic E-state index is 11.9. The van der Waals surface area contributed by atoms with Crippen molar-refractivity contribution in [2.24, 2.45) is 0 Å². The number of rotatable bonds is 1. The van der Waals surface area contributed by atoms with Gasteiger partial charge in [-0.3, -0.25) is 4.90 Å². The minimum Gasteiger partial charge on any atom is -0.508 e. The molecule has 0 aliphatic carbocycles. The third-order valence-corrected chi connectivity index (χ3v) is 3.40. The fourth-order valence-electron chi connectivity index (χ4n) is 2.51. The number of benzene rings is 1. The van der Waals surface area contributed by atoms with Crippen LogP contribution in [0.5, 0.6) is 5.75 Å². The maximum Gasteiger partial charge on any atom is 0.415 e. The SMILES string of the molecule is O=C1OC2(CCCOC2)CN1c1cccc(O)c1. The van der Waals surface area contributed by atoms with E-state index in [4.69, 9.17) is 9.47 Å². The first-order valence-electron chi connectivity index (χ1n) is 6.06. The number of phenols is 1. The van der Waals surface area contributed by atoms with Crippen molar-refractivity contribution in [2.75, 3.05) is 24.7 Å². The Morgan fingerprint density at radius 2 is 2.28 bits per heavy atom. The molecule has 1 aromatic rings. The lowest BCUT2D eigenvalue weighted by Gasteiger charge is -2.30. The maximum atomic E-state index is 11.9. The van der Waals surface area contributed by atoms with Crippen LogP contribution in [0.2, 0.25) is 0 Å². The Kier molecular flexibility index (Phi) is 2.63. The van der Waals surface area contributed by atoms with Gasteiger partial charge in [-0.25, -0.2) is 4.79 Å². The highest BCUT2D eigenvalue weighted by Crippen LogP contribution is 2.34. The van der Waals surface area contributed by atoms with Crippen LogP contribution in [-0.2, 0) is 9.47 Å². The molecule has 2 saturated heterocycles. The van der Waals surface area contributed by atoms with Crippen LogP contribution in [0.4, 0.5) is 10.5 Å². The zero-order valence-corrected chi connectivity index (χ0v) is 9.96. The van der Waals surface area contributed by atoms with Crippen LogP contribution in [0.25, 0.3) is 0 Å². The Bertz CT molecular complexity index is 468. The summed E-state index contributed by atoms with van der Waals surface area (Å²) in [7, 11) is 0. The molecule has 3 rings (SSSR count). The van der Waals surface area contributed by atoms with Crippen molar-refractivity contribution in [3.63, 3.8) is 0 Å². The van der Waals surface area contributed by atoms with E-state index in [1.165, 1.54) is 0 Å². The van der Waals surface area contributed by atoms with Crippen molar-refractivity contribution in [1.29, 1.82) is 0 Å². The Balaban J connectivity index is 1.84. The molecule has 0 saturated carbocycles. The molecule has 1 spiro atoms. The van der Waals surface area contributed by atoms with E-state index in [1.807, 2.05) is 0 Å². The molecule has 2 aliphatic heterocycles. The first kappa shape index (κ1) is 11.3. The number of carbonyl (C=O) groups excluding carboxylic acids is 1. The largest absolute Gasteiger partial charge is 0.508 e. The predicted octanol–water partition coefficient (Wildman–Crippen LogP) is 1.90. The zero-order chi connectivity index (χ0) is 12.6. The standard InChI is InChI=1S/C13H15NO4/c15-11-4-1-3-10(7-11)14-8-13(18-12(14)16)5-2-6-17-9-13/h1,3-4,7,15H,2,5-6,8-9H2. The van der Waals surface area contributed by atoms with Crippen molar-refractivity contribution >= 4 is 11.8 Å². The molecule has 1 N–H and O–H groups in total. The van der Waals surface area contributed by atoms with E-state index < -0.39 is 5.60 Å². The average Bonchev–Trinajstić information content (AvgIpc) is 2.67. The van der Waals surface area contributed by atoms with E-state index in [1.54, 1.807) is 29.2 Å². The van der Waals surface area contributed by atoms with Crippen LogP contribution in [0.15, 0.2) is 24.3 Å². The van der Waals surface area contributed by atoms with Gasteiger partial charge in [-0.2, -0.15) is 0 Å². The smallest absolute Gasteiger partial charge is 0.415 e. The van der Waals surface area contributed by atoms with Gasteiger partial charge in [-0.05, 0) is 25.0 Å². The summed E-state index contributed by atoms with van der Waals surface area (Å²) >= 11 is 0. The third kappa shape index (κ3) is 1.90. The second-order valence-corrected chi connectivity index (χ2v) is 4.81. The molecule has 1 amide bonds. The summed E-state index contributed by atoms with van der Waals surface area (Å²) in [5.41, 5.74) is 0.142. The second-order valence-electron chi connectivity index (χ2n) is 4.81. The van der Waals surface area contributed by atoms with E-state index in [2.05, 4.69) is 0 Å². The number of aromatic hydroxyl groups is 1. The van der Waals surface area contributed by atoms with E-state index in [-0.39, 0.29) is 11.8 Å². The number of ether oxygens (including phenoxy) is 2. The summed E-state index contributed by atoms with van der Waals surface area (Å²) in [5, 5.41) is 9.46. The summed E-state index contributed by atoms with van der Waals surface area (Å²) in [5.74, 6) is 0.140. The van der Waals surface area contributed by atoms with Crippen LogP contribution >= 0.6 is 0 Å². The van der Waals surface area contributed by atoms with Gasteiger partial charge in [0.2, 0.25) is 0 Å². The van der Waals surface area contributed by atoms with Gasteiger partial charge in [0.25, 0.3) is 0 Å². The number of anilines is 1. The van der Waals surface area contributed by atoms with Crippen molar-refractivity contribution in [3.8, 4) is 5.75 Å². The number of nitrogens with zero attached hydrogens (tertiary/aromatic N) is 1. The summed E-state index contributed by atoms with van der Waals surface area (Å²) in [6.45, 7) is 1.66. The number of amides is 1. The lowest BCUT2D eigenvalue weighted by molar-refractivity contribution is -0.0643. The molecule has 0 aromatic heterocycles. The molecule has 96 valence electrons. The van der Waals surface area contributed by atoms with E-state index in [0.717, 1.165) is 19.4 Å². The van der Waals surface area contributed by atoms with Gasteiger partial charge in [-0.1, -0.05) is 6.07 Å². The Labute approximate surface area is 105 Å². The van der Waals surface area contributed by atoms with E-state index >= 15 is 0 Å². The van der Waals surface area contributed by atoms with Crippen molar-refractivity contribution in [3.05, 3.63) is 24.3 Å². The molecule has 2 aliphatic rings. The molecule has 5 nitrogen and oxygen atoms in total. The first-order valence-corrected chi connectivity index (χ1v) is 6.06. The monoisotopic (exact) mass is 249 g/mol. The fourth-order valence-corrected chi connectivity index (χ4v) is 2.51. The highest BCUT2D eigenvalue weighted by Gasteiger charge is 2.47. The number of phenolic OH excluding ortho intramolecular Hbond substituents is 1. The fraction of sp³-hybridized carbons (Fsp3) is 0.462. The van der Waals surface area contributed by atoms with Crippen LogP contribution in [0.3, 0.4) is 0 Å². The minimum absolute atomic E-state index is 0.140. The molecular weight excluding hydrogens is 234 g/mol. The van der Waals surface area contributed by atoms with E-state index in [0.29, 0.717) is 18.8 Å². The lowest BCUT2D eigenvalue weighted by Crippen LogP contribution is -2.42. The molecular formula is C13H15NO4. The highest BCUT2D eigenvalue weighted by atomic mass is 16.6. The molecule has 0 bridgehead atoms. The molecule has 2 heterocycles. The minimum atomic E-state index is -0.513. The number of hydrogen-bond donors (Lipinski definition) is 1. The molecule has 1 aromatic carbocycles. The van der Waals surface area contributed by atoms with Gasteiger partial charge >= 0.3 is 6.09 Å². The second kappa shape index (κ2) is 4.17. The van der Waals surface area contributed by atoms with Crippen LogP contribution in [-0.4, -0.2) is 36.6 Å². The topological polar surface area (TPSA) is 59.0 Å². The van der Waals surface area contributed by atoms with Gasteiger partial charge in [0, 0.05) is 12.7 Å². The van der Waals surface area contributed by atoms with Gasteiger partial charge in [0.1, 0.15) is 5.75 Å². The van der Waals surface area contributed by atoms with Crippen molar-refractivity contribution < 1.29 is 19.4 Å². The molecule has 1 atom stereocenters. The lowest BCUT2D eigenvalue weighted by atomic mass is 9.97. The summed E-state index contributed by atoms with van der Waals surface area (Å²) in [6, 6.07) is 6.62. The summed E-state index contributed by atoms with van der Waals surface area (Å²) < 4.78 is 10.9. The van der Waals surface area contributed by atoms with Gasteiger partial charge < -0.3 is 14.6 Å². The quantitative estimate of drug-likeness (QED) is 0.825. The Morgan fingerprint density at radius 3 is 3.00 bits per heavy atom. The highest BCUT2D eigenvalue weighted by molar-refractivity contribution is 5.90. The number of hydrogen-bond acceptors (Lipinski definition) is 4. The Hall–Kier alpha value is -1.75. The zero-order valence-electron chi connectivity index (χ0n) is 9.96. The normalized spacial score (nSPS) is 27.6. The summed E-state index contributed by atoms with van der Waals surface area (Å²) in [4.78, 5) is 13.5. The summed E-state index contributed by atoms with van der Waals surface area (Å²) in [6.07, 6.45) is 1.36. The molecule has 2 fully saturated rings. The molecule has 5 heteroatoms. The van der Waals surface area contributed by atoms with Crippen LogP contribution in [0, 0.1) is 0 Å². The van der Waals surface area contributed by atoms with Gasteiger partial charge in [-0.15, -0.1) is 0 Å². The first-order chi connectivity index (χ1) is 8.69. The van der Waals surface area contributed by atoms with Gasteiger partial charge in [0.05, 0.1) is 18.8 Å². The molecule has 18 heavy (non-hydrogen) atoms. The third-order valence-electron chi connectivity index (χ3n) is 3.40. The van der Waals surface area contributed by atoms with Crippen LogP contribution < -0.4 is 4.90 Å². The predicted molar refractivity (Wildman–Crippen MR) is 64.7 cm³/mol. The average molecular weight is 249 g/mol. The van der Waals surface area contributed by atoms with Crippen molar-refractivity contribution in [1.82, 2.24) is 0 Å². The Morgan fingerprint density at radius 1 is 1.39 bits per heavy atom. The molecule has 1 unspecified atom stereocenters. The van der Waals surface area contributed by atoms with Crippen molar-refractivity contribution in [2.45, 2.75) is 18.4 Å². The van der Waals surface area contributed by atoms with Gasteiger partial charge in [0.15, 0.2) is 5.60 Å². The molecule has 0 radical (unpaired) electrons.